The number of carboxylic acids is 1. The Morgan fingerprint density at radius 2 is 2.06 bits per heavy atom. The molecule has 0 saturated heterocycles. The maximum atomic E-state index is 10.5. The molecule has 1 atom stereocenters. The number of aliphatic carboxylic acids is 1. The Morgan fingerprint density at radius 3 is 2.50 bits per heavy atom. The molecule has 0 aliphatic heterocycles. The van der Waals surface area contributed by atoms with Gasteiger partial charge in [0.2, 0.25) is 0 Å². The van der Waals surface area contributed by atoms with Crippen molar-refractivity contribution < 1.29 is 24.1 Å². The maximum absolute atomic E-state index is 10.5. The van der Waals surface area contributed by atoms with E-state index in [0.717, 1.165) is 6.08 Å². The van der Waals surface area contributed by atoms with E-state index in [1.165, 1.54) is 7.11 Å². The summed E-state index contributed by atoms with van der Waals surface area (Å²) in [5.41, 5.74) is -0.0556. The lowest BCUT2D eigenvalue weighted by Crippen LogP contribution is -2.29. The van der Waals surface area contributed by atoms with Gasteiger partial charge in [-0.15, -0.1) is 0 Å². The second kappa shape index (κ2) is 6.62. The molecular formula is C11H20O5. The van der Waals surface area contributed by atoms with E-state index in [1.54, 1.807) is 27.7 Å². The third-order valence-corrected chi connectivity index (χ3v) is 2.34. The number of hydrogen-bond acceptors (Lipinski definition) is 4. The molecule has 1 unspecified atom stereocenters. The van der Waals surface area contributed by atoms with Gasteiger partial charge < -0.3 is 19.3 Å². The molecular weight excluding hydrogens is 212 g/mol. The van der Waals surface area contributed by atoms with Crippen molar-refractivity contribution in [1.82, 2.24) is 0 Å². The number of ether oxygens (including phenoxy) is 3. The Morgan fingerprint density at radius 1 is 1.50 bits per heavy atom. The Balaban J connectivity index is 4.19. The first kappa shape index (κ1) is 15.1. The summed E-state index contributed by atoms with van der Waals surface area (Å²) in [5, 5.41) is 8.62. The lowest BCUT2D eigenvalue weighted by molar-refractivity contribution is -0.197. The smallest absolute Gasteiger partial charge is 0.328 e. The maximum Gasteiger partial charge on any atom is 0.328 e. The number of methoxy groups -OCH3 is 1. The van der Waals surface area contributed by atoms with Crippen molar-refractivity contribution in [2.24, 2.45) is 0 Å². The monoisotopic (exact) mass is 232 g/mol. The molecule has 0 heterocycles. The van der Waals surface area contributed by atoms with E-state index in [2.05, 4.69) is 0 Å². The second-order valence-corrected chi connectivity index (χ2v) is 3.91. The first-order valence-electron chi connectivity index (χ1n) is 4.99. The van der Waals surface area contributed by atoms with Gasteiger partial charge in [-0.25, -0.2) is 4.79 Å². The Bertz CT molecular complexity index is 257. The zero-order valence-electron chi connectivity index (χ0n) is 10.4. The van der Waals surface area contributed by atoms with Gasteiger partial charge in [-0.3, -0.25) is 0 Å². The predicted octanol–water partition coefficient (Wildman–Crippen LogP) is 1.78. The standard InChI is InChI=1S/C11H20O5/c1-8(6-10(12)13)11(3,4)16-7-15-9(2)14-5/h6,9H,7H2,1-5H3,(H,12,13). The summed E-state index contributed by atoms with van der Waals surface area (Å²) in [4.78, 5) is 10.5. The first-order chi connectivity index (χ1) is 7.29. The highest BCUT2D eigenvalue weighted by molar-refractivity contribution is 5.80. The molecule has 0 saturated carbocycles. The van der Waals surface area contributed by atoms with Crippen molar-refractivity contribution >= 4 is 5.97 Å². The van der Waals surface area contributed by atoms with Crippen LogP contribution in [-0.4, -0.2) is 36.9 Å². The molecule has 0 aliphatic carbocycles. The van der Waals surface area contributed by atoms with Crippen LogP contribution in [0.3, 0.4) is 0 Å². The minimum atomic E-state index is -0.986. The average molecular weight is 232 g/mol. The van der Waals surface area contributed by atoms with E-state index in [4.69, 9.17) is 19.3 Å². The van der Waals surface area contributed by atoms with E-state index in [9.17, 15) is 4.79 Å². The van der Waals surface area contributed by atoms with Gasteiger partial charge in [0, 0.05) is 13.2 Å². The average Bonchev–Trinajstić information content (AvgIpc) is 2.16. The summed E-state index contributed by atoms with van der Waals surface area (Å²) in [5.74, 6) is -0.986. The third-order valence-electron chi connectivity index (χ3n) is 2.34. The van der Waals surface area contributed by atoms with Crippen LogP contribution in [0.1, 0.15) is 27.7 Å². The molecule has 16 heavy (non-hydrogen) atoms. The van der Waals surface area contributed by atoms with Gasteiger partial charge >= 0.3 is 5.97 Å². The topological polar surface area (TPSA) is 65.0 Å². The molecule has 0 spiro atoms. The molecule has 5 heteroatoms. The molecule has 0 fully saturated rings. The van der Waals surface area contributed by atoms with E-state index in [1.807, 2.05) is 0 Å². The summed E-state index contributed by atoms with van der Waals surface area (Å²) in [6, 6.07) is 0. The highest BCUT2D eigenvalue weighted by Crippen LogP contribution is 2.20. The molecule has 0 radical (unpaired) electrons. The lowest BCUT2D eigenvalue weighted by atomic mass is 9.99. The van der Waals surface area contributed by atoms with Crippen LogP contribution in [-0.2, 0) is 19.0 Å². The van der Waals surface area contributed by atoms with E-state index in [-0.39, 0.29) is 13.1 Å². The van der Waals surface area contributed by atoms with Crippen LogP contribution in [0.2, 0.25) is 0 Å². The zero-order valence-corrected chi connectivity index (χ0v) is 10.4. The van der Waals surface area contributed by atoms with Gasteiger partial charge in [-0.1, -0.05) is 0 Å². The van der Waals surface area contributed by atoms with Crippen molar-refractivity contribution in [3.8, 4) is 0 Å². The van der Waals surface area contributed by atoms with Crippen LogP contribution in [0.25, 0.3) is 0 Å². The van der Waals surface area contributed by atoms with E-state index >= 15 is 0 Å². The number of carbonyl (C=O) groups is 1. The van der Waals surface area contributed by atoms with Gasteiger partial charge in [-0.2, -0.15) is 0 Å². The molecule has 5 nitrogen and oxygen atoms in total. The van der Waals surface area contributed by atoms with E-state index in [0.29, 0.717) is 5.57 Å². The quantitative estimate of drug-likeness (QED) is 0.535. The van der Waals surface area contributed by atoms with Crippen LogP contribution in [0.5, 0.6) is 0 Å². The summed E-state index contributed by atoms with van der Waals surface area (Å²) >= 11 is 0. The molecule has 1 N–H and O–H groups in total. The molecule has 0 aliphatic rings. The van der Waals surface area contributed by atoms with Gasteiger partial charge in [0.25, 0.3) is 0 Å². The van der Waals surface area contributed by atoms with Gasteiger partial charge in [0.05, 0.1) is 5.60 Å². The van der Waals surface area contributed by atoms with Crippen molar-refractivity contribution in [3.05, 3.63) is 11.6 Å². The van der Waals surface area contributed by atoms with Gasteiger partial charge in [-0.05, 0) is 33.3 Å². The number of carboxylic acid groups (broad SMARTS) is 1. The van der Waals surface area contributed by atoms with Crippen LogP contribution in [0.4, 0.5) is 0 Å². The fourth-order valence-corrected chi connectivity index (χ4v) is 0.818. The normalized spacial score (nSPS) is 14.9. The molecule has 0 rings (SSSR count). The highest BCUT2D eigenvalue weighted by atomic mass is 16.7. The summed E-state index contributed by atoms with van der Waals surface area (Å²) in [6.07, 6.45) is 0.777. The van der Waals surface area contributed by atoms with Crippen molar-refractivity contribution in [1.29, 1.82) is 0 Å². The minimum absolute atomic E-state index is 0.0484. The molecule has 0 aromatic rings. The predicted molar refractivity (Wildman–Crippen MR) is 59.0 cm³/mol. The Kier molecular flexibility index (Phi) is 6.25. The summed E-state index contributed by atoms with van der Waals surface area (Å²) < 4.78 is 15.5. The third kappa shape index (κ3) is 5.85. The zero-order chi connectivity index (χ0) is 12.8. The van der Waals surface area contributed by atoms with Crippen LogP contribution < -0.4 is 0 Å². The fourth-order valence-electron chi connectivity index (χ4n) is 0.818. The molecule has 0 amide bonds. The lowest BCUT2D eigenvalue weighted by Gasteiger charge is -2.26. The van der Waals surface area contributed by atoms with Crippen molar-refractivity contribution in [2.45, 2.75) is 39.6 Å². The number of rotatable bonds is 7. The summed E-state index contributed by atoms with van der Waals surface area (Å²) in [7, 11) is 1.53. The molecule has 0 aromatic heterocycles. The van der Waals surface area contributed by atoms with Crippen molar-refractivity contribution in [2.75, 3.05) is 13.9 Å². The van der Waals surface area contributed by atoms with Crippen molar-refractivity contribution in [3.63, 3.8) is 0 Å². The fraction of sp³-hybridized carbons (Fsp3) is 0.727. The number of hydrogen-bond donors (Lipinski definition) is 1. The Labute approximate surface area is 96.0 Å². The van der Waals surface area contributed by atoms with Crippen LogP contribution in [0, 0.1) is 0 Å². The minimum Gasteiger partial charge on any atom is -0.478 e. The largest absolute Gasteiger partial charge is 0.478 e. The summed E-state index contributed by atoms with van der Waals surface area (Å²) in [6.45, 7) is 7.06. The molecule has 0 aromatic carbocycles. The Hall–Kier alpha value is -0.910. The highest BCUT2D eigenvalue weighted by Gasteiger charge is 2.21. The SMILES string of the molecule is COC(C)OCOC(C)(C)C(C)=CC(=O)O. The van der Waals surface area contributed by atoms with Gasteiger partial charge in [0.1, 0.15) is 0 Å². The van der Waals surface area contributed by atoms with Crippen LogP contribution >= 0.6 is 0 Å². The molecule has 94 valence electrons. The van der Waals surface area contributed by atoms with Crippen LogP contribution in [0.15, 0.2) is 11.6 Å². The van der Waals surface area contributed by atoms with Gasteiger partial charge in [0.15, 0.2) is 13.1 Å². The molecule has 0 bridgehead atoms. The van der Waals surface area contributed by atoms with E-state index < -0.39 is 11.6 Å². The second-order valence-electron chi connectivity index (χ2n) is 3.91. The first-order valence-corrected chi connectivity index (χ1v) is 4.99.